The Hall–Kier alpha value is -2.14. The highest BCUT2D eigenvalue weighted by atomic mass is 19.4. The molecule has 1 aromatic heterocycles. The quantitative estimate of drug-likeness (QED) is 0.699. The van der Waals surface area contributed by atoms with E-state index in [4.69, 9.17) is 9.47 Å². The number of halogens is 3. The van der Waals surface area contributed by atoms with E-state index < -0.39 is 24.3 Å². The first kappa shape index (κ1) is 21.7. The molecular weight excluding hydrogens is 429 g/mol. The maximum absolute atomic E-state index is 13.9. The SMILES string of the molecule is O=C(CN1c2nc(NC[C@H]3OCC4CC43)cc(=O)n2CC[C@H]1C(F)(F)F)C1CCOCC1.[HH]. The fourth-order valence-electron chi connectivity index (χ4n) is 5.10. The Kier molecular flexibility index (Phi) is 5.65. The first-order valence-electron chi connectivity index (χ1n) is 11.2. The lowest BCUT2D eigenvalue weighted by Crippen LogP contribution is -2.54. The second-order valence-electron chi connectivity index (χ2n) is 9.17. The standard InChI is InChI=1S/C21H27F3N4O4.H2/c22-21(23,24)17-1-4-27-19(30)8-18(25-9-16-14-7-13(14)11-32-16)26-20(27)28(17)10-15(29)12-2-5-31-6-3-12;/h8,12-14,16-17,25H,1-7,9-11H2;1H/t13?,14?,16-,17+;/m1./s1. The average molecular weight is 458 g/mol. The molecule has 3 aliphatic heterocycles. The molecule has 178 valence electrons. The van der Waals surface area contributed by atoms with Crippen molar-refractivity contribution in [1.29, 1.82) is 0 Å². The minimum absolute atomic E-state index is 0. The fraction of sp³-hybridized carbons (Fsp3) is 0.762. The molecule has 32 heavy (non-hydrogen) atoms. The molecule has 3 fully saturated rings. The smallest absolute Gasteiger partial charge is 0.381 e. The lowest BCUT2D eigenvalue weighted by atomic mass is 9.94. The van der Waals surface area contributed by atoms with Crippen molar-refractivity contribution < 1.29 is 28.9 Å². The predicted octanol–water partition coefficient (Wildman–Crippen LogP) is 2.07. The molecule has 0 radical (unpaired) electrons. The van der Waals surface area contributed by atoms with Crippen molar-refractivity contribution in [3.05, 3.63) is 16.4 Å². The monoisotopic (exact) mass is 458 g/mol. The van der Waals surface area contributed by atoms with Gasteiger partial charge in [-0.05, 0) is 37.5 Å². The van der Waals surface area contributed by atoms with Crippen LogP contribution in [0, 0.1) is 17.8 Å². The van der Waals surface area contributed by atoms with Gasteiger partial charge >= 0.3 is 6.18 Å². The molecule has 4 atom stereocenters. The third-order valence-electron chi connectivity index (χ3n) is 7.09. The molecule has 0 bridgehead atoms. The molecule has 8 nitrogen and oxygen atoms in total. The van der Waals surface area contributed by atoms with Crippen LogP contribution in [0.3, 0.4) is 0 Å². The number of Topliss-reactive ketones (excluding diaryl/α,β-unsaturated/α-hetero) is 1. The lowest BCUT2D eigenvalue weighted by Gasteiger charge is -2.39. The summed E-state index contributed by atoms with van der Waals surface area (Å²) in [5.74, 6) is 0.591. The molecule has 1 saturated carbocycles. The first-order valence-corrected chi connectivity index (χ1v) is 11.2. The third kappa shape index (κ3) is 4.24. The van der Waals surface area contributed by atoms with Gasteiger partial charge in [0.1, 0.15) is 11.9 Å². The van der Waals surface area contributed by atoms with Crippen molar-refractivity contribution in [2.75, 3.05) is 43.1 Å². The molecule has 11 heteroatoms. The lowest BCUT2D eigenvalue weighted by molar-refractivity contribution is -0.153. The minimum atomic E-state index is -4.54. The van der Waals surface area contributed by atoms with E-state index in [1.807, 2.05) is 0 Å². The second-order valence-corrected chi connectivity index (χ2v) is 9.17. The molecule has 2 unspecified atom stereocenters. The molecule has 0 spiro atoms. The number of ether oxygens (including phenoxy) is 2. The highest BCUT2D eigenvalue weighted by Crippen LogP contribution is 2.48. The number of aromatic nitrogens is 2. The van der Waals surface area contributed by atoms with Crippen LogP contribution in [0.25, 0.3) is 0 Å². The van der Waals surface area contributed by atoms with Crippen LogP contribution in [0.2, 0.25) is 0 Å². The zero-order valence-electron chi connectivity index (χ0n) is 17.6. The predicted molar refractivity (Wildman–Crippen MR) is 111 cm³/mol. The summed E-state index contributed by atoms with van der Waals surface area (Å²) in [6, 6.07) is -0.561. The molecule has 5 rings (SSSR count). The number of nitrogens with one attached hydrogen (secondary N) is 1. The number of anilines is 2. The summed E-state index contributed by atoms with van der Waals surface area (Å²) < 4.78 is 53.8. The normalized spacial score (nSPS) is 30.0. The van der Waals surface area contributed by atoms with Crippen LogP contribution in [0.15, 0.2) is 10.9 Å². The van der Waals surface area contributed by atoms with Gasteiger partial charge in [-0.3, -0.25) is 14.2 Å². The summed E-state index contributed by atoms with van der Waals surface area (Å²) in [7, 11) is 0. The molecule has 1 aliphatic carbocycles. The third-order valence-corrected chi connectivity index (χ3v) is 7.09. The van der Waals surface area contributed by atoms with E-state index >= 15 is 0 Å². The van der Waals surface area contributed by atoms with E-state index in [9.17, 15) is 22.8 Å². The Morgan fingerprint density at radius 1 is 1.28 bits per heavy atom. The van der Waals surface area contributed by atoms with Crippen molar-refractivity contribution in [3.63, 3.8) is 0 Å². The van der Waals surface area contributed by atoms with E-state index in [1.54, 1.807) is 0 Å². The summed E-state index contributed by atoms with van der Waals surface area (Å²) >= 11 is 0. The Balaban J connectivity index is 0.00000259. The van der Waals surface area contributed by atoms with E-state index in [0.717, 1.165) is 17.9 Å². The minimum Gasteiger partial charge on any atom is -0.381 e. The zero-order valence-corrected chi connectivity index (χ0v) is 17.6. The number of carbonyl (C=O) groups excluding carboxylic acids is 1. The molecule has 0 aromatic carbocycles. The summed E-state index contributed by atoms with van der Waals surface area (Å²) in [5.41, 5.74) is -0.432. The number of carbonyl (C=O) groups is 1. The van der Waals surface area contributed by atoms with Crippen LogP contribution in [0.1, 0.15) is 27.1 Å². The zero-order chi connectivity index (χ0) is 22.5. The Morgan fingerprint density at radius 3 is 2.72 bits per heavy atom. The van der Waals surface area contributed by atoms with Gasteiger partial charge in [-0.2, -0.15) is 18.2 Å². The molecule has 1 aromatic rings. The highest BCUT2D eigenvalue weighted by molar-refractivity contribution is 5.85. The Bertz CT molecular complexity index is 937. The van der Waals surface area contributed by atoms with E-state index in [1.165, 1.54) is 10.6 Å². The molecule has 4 aliphatic rings. The van der Waals surface area contributed by atoms with Crippen LogP contribution >= 0.6 is 0 Å². The molecule has 1 N–H and O–H groups in total. The topological polar surface area (TPSA) is 85.7 Å². The van der Waals surface area contributed by atoms with Gasteiger partial charge in [0, 0.05) is 39.7 Å². The summed E-state index contributed by atoms with van der Waals surface area (Å²) in [4.78, 5) is 30.9. The van der Waals surface area contributed by atoms with Gasteiger partial charge in [0.05, 0.1) is 19.3 Å². The number of hydrogen-bond donors (Lipinski definition) is 1. The van der Waals surface area contributed by atoms with Crippen LogP contribution in [-0.2, 0) is 20.8 Å². The van der Waals surface area contributed by atoms with Crippen LogP contribution < -0.4 is 15.8 Å². The fourth-order valence-corrected chi connectivity index (χ4v) is 5.10. The maximum atomic E-state index is 13.9. The van der Waals surface area contributed by atoms with Crippen molar-refractivity contribution in [2.45, 2.75) is 50.6 Å². The number of hydrogen-bond acceptors (Lipinski definition) is 7. The maximum Gasteiger partial charge on any atom is 0.408 e. The summed E-state index contributed by atoms with van der Waals surface area (Å²) in [6.07, 6.45) is -2.70. The summed E-state index contributed by atoms with van der Waals surface area (Å²) in [5, 5.41) is 3.07. The Morgan fingerprint density at radius 2 is 2.06 bits per heavy atom. The molecule has 0 amide bonds. The average Bonchev–Trinajstić information content (AvgIpc) is 3.44. The highest BCUT2D eigenvalue weighted by Gasteiger charge is 2.49. The van der Waals surface area contributed by atoms with Crippen LogP contribution in [0.5, 0.6) is 0 Å². The van der Waals surface area contributed by atoms with E-state index in [-0.39, 0.29) is 44.0 Å². The van der Waals surface area contributed by atoms with Crippen molar-refractivity contribution >= 4 is 17.5 Å². The van der Waals surface area contributed by atoms with Gasteiger partial charge in [-0.15, -0.1) is 0 Å². The molecular formula is C21H29F3N4O4. The van der Waals surface area contributed by atoms with Crippen LogP contribution in [0.4, 0.5) is 24.9 Å². The van der Waals surface area contributed by atoms with Crippen molar-refractivity contribution in [2.24, 2.45) is 17.8 Å². The number of rotatable bonds is 6. The van der Waals surface area contributed by atoms with Gasteiger partial charge in [0.25, 0.3) is 5.56 Å². The number of fused-ring (bicyclic) bond motifs is 2. The number of ketones is 1. The van der Waals surface area contributed by atoms with Gasteiger partial charge in [-0.25, -0.2) is 0 Å². The first-order chi connectivity index (χ1) is 15.3. The van der Waals surface area contributed by atoms with Crippen molar-refractivity contribution in [3.8, 4) is 0 Å². The van der Waals surface area contributed by atoms with E-state index in [0.29, 0.717) is 44.4 Å². The van der Waals surface area contributed by atoms with E-state index in [2.05, 4.69) is 10.3 Å². The van der Waals surface area contributed by atoms with Crippen LogP contribution in [-0.4, -0.2) is 66.6 Å². The van der Waals surface area contributed by atoms with Gasteiger partial charge < -0.3 is 19.7 Å². The second kappa shape index (κ2) is 8.33. The number of nitrogens with zero attached hydrogens (tertiary/aromatic N) is 3. The molecule has 2 saturated heterocycles. The van der Waals surface area contributed by atoms with Gasteiger partial charge in [0.15, 0.2) is 5.78 Å². The largest absolute Gasteiger partial charge is 0.408 e. The number of alkyl halides is 3. The van der Waals surface area contributed by atoms with Gasteiger partial charge in [0.2, 0.25) is 5.95 Å². The van der Waals surface area contributed by atoms with Crippen molar-refractivity contribution in [1.82, 2.24) is 9.55 Å². The van der Waals surface area contributed by atoms with Gasteiger partial charge in [-0.1, -0.05) is 0 Å². The Labute approximate surface area is 184 Å². The summed E-state index contributed by atoms with van der Waals surface area (Å²) in [6.45, 7) is 1.50. The molecule has 4 heterocycles.